The summed E-state index contributed by atoms with van der Waals surface area (Å²) in [5, 5.41) is 2.84. The largest absolute Gasteiger partial charge is 0.348 e. The van der Waals surface area contributed by atoms with E-state index in [9.17, 15) is 9.59 Å². The molecule has 0 radical (unpaired) electrons. The highest BCUT2D eigenvalue weighted by molar-refractivity contribution is 5.97. The van der Waals surface area contributed by atoms with Crippen molar-refractivity contribution in [2.75, 3.05) is 0 Å². The summed E-state index contributed by atoms with van der Waals surface area (Å²) in [5.41, 5.74) is 2.22. The summed E-state index contributed by atoms with van der Waals surface area (Å²) in [6, 6.07) is 16.4. The van der Waals surface area contributed by atoms with E-state index in [-0.39, 0.29) is 11.7 Å². The summed E-state index contributed by atoms with van der Waals surface area (Å²) >= 11 is 0. The minimum Gasteiger partial charge on any atom is -0.348 e. The van der Waals surface area contributed by atoms with Crippen molar-refractivity contribution in [1.29, 1.82) is 0 Å². The maximum Gasteiger partial charge on any atom is 0.251 e. The normalized spacial score (nSPS) is 9.95. The smallest absolute Gasteiger partial charge is 0.251 e. The number of carbonyl (C=O) groups excluding carboxylic acids is 2. The van der Waals surface area contributed by atoms with Crippen LogP contribution in [0.3, 0.4) is 0 Å². The van der Waals surface area contributed by atoms with Gasteiger partial charge in [0.2, 0.25) is 0 Å². The molecule has 0 aromatic heterocycles. The summed E-state index contributed by atoms with van der Waals surface area (Å²) in [4.78, 5) is 23.0. The van der Waals surface area contributed by atoms with Gasteiger partial charge in [0, 0.05) is 17.7 Å². The molecule has 0 atom stereocenters. The van der Waals surface area contributed by atoms with Gasteiger partial charge >= 0.3 is 0 Å². The van der Waals surface area contributed by atoms with Crippen LogP contribution in [0.4, 0.5) is 0 Å². The first-order valence-corrected chi connectivity index (χ1v) is 6.10. The Kier molecular flexibility index (Phi) is 4.08. The maximum atomic E-state index is 11.9. The van der Waals surface area contributed by atoms with Crippen LogP contribution in [0.25, 0.3) is 0 Å². The van der Waals surface area contributed by atoms with Gasteiger partial charge in [-0.15, -0.1) is 0 Å². The van der Waals surface area contributed by atoms with Gasteiger partial charge in [-0.2, -0.15) is 0 Å². The van der Waals surface area contributed by atoms with Crippen LogP contribution in [0.2, 0.25) is 0 Å². The molecular formula is C16H15NO2. The monoisotopic (exact) mass is 253 g/mol. The molecule has 0 saturated carbocycles. The van der Waals surface area contributed by atoms with Crippen LogP contribution in [-0.4, -0.2) is 11.7 Å². The van der Waals surface area contributed by atoms with Crippen LogP contribution >= 0.6 is 0 Å². The number of ketones is 1. The Morgan fingerprint density at radius 2 is 1.47 bits per heavy atom. The maximum absolute atomic E-state index is 11.9. The zero-order valence-corrected chi connectivity index (χ0v) is 10.7. The SMILES string of the molecule is CC(=O)c1ccc(C(=O)NCc2ccccc2)cc1. The van der Waals surface area contributed by atoms with Crippen molar-refractivity contribution in [3.8, 4) is 0 Å². The molecule has 2 aromatic carbocycles. The van der Waals surface area contributed by atoms with E-state index >= 15 is 0 Å². The second-order valence-electron chi connectivity index (χ2n) is 4.30. The predicted octanol–water partition coefficient (Wildman–Crippen LogP) is 2.82. The topological polar surface area (TPSA) is 46.2 Å². The molecule has 96 valence electrons. The van der Waals surface area contributed by atoms with Gasteiger partial charge in [0.05, 0.1) is 0 Å². The van der Waals surface area contributed by atoms with E-state index in [2.05, 4.69) is 5.32 Å². The molecule has 0 aliphatic carbocycles. The molecule has 0 unspecified atom stereocenters. The number of amides is 1. The fourth-order valence-corrected chi connectivity index (χ4v) is 1.74. The lowest BCUT2D eigenvalue weighted by atomic mass is 10.1. The van der Waals surface area contributed by atoms with Crippen LogP contribution in [0.15, 0.2) is 54.6 Å². The molecule has 0 aliphatic heterocycles. The molecule has 2 rings (SSSR count). The van der Waals surface area contributed by atoms with Crippen molar-refractivity contribution in [2.45, 2.75) is 13.5 Å². The molecule has 1 amide bonds. The first-order valence-electron chi connectivity index (χ1n) is 6.10. The second kappa shape index (κ2) is 5.96. The molecule has 0 bridgehead atoms. The lowest BCUT2D eigenvalue weighted by Gasteiger charge is -2.05. The summed E-state index contributed by atoms with van der Waals surface area (Å²) in [7, 11) is 0. The van der Waals surface area contributed by atoms with Gasteiger partial charge in [-0.3, -0.25) is 9.59 Å². The number of hydrogen-bond acceptors (Lipinski definition) is 2. The van der Waals surface area contributed by atoms with Crippen molar-refractivity contribution in [2.24, 2.45) is 0 Å². The highest BCUT2D eigenvalue weighted by Crippen LogP contribution is 2.06. The van der Waals surface area contributed by atoms with Crippen LogP contribution < -0.4 is 5.32 Å². The van der Waals surface area contributed by atoms with E-state index in [1.807, 2.05) is 30.3 Å². The Bertz CT molecular complexity index is 573. The molecule has 0 heterocycles. The Hall–Kier alpha value is -2.42. The van der Waals surface area contributed by atoms with Gasteiger partial charge in [-0.25, -0.2) is 0 Å². The number of Topliss-reactive ketones (excluding diaryl/α,β-unsaturated/α-hetero) is 1. The standard InChI is InChI=1S/C16H15NO2/c1-12(18)14-7-9-15(10-8-14)16(19)17-11-13-5-3-2-4-6-13/h2-10H,11H2,1H3,(H,17,19). The fourth-order valence-electron chi connectivity index (χ4n) is 1.74. The van der Waals surface area contributed by atoms with Gasteiger partial charge in [0.15, 0.2) is 5.78 Å². The third kappa shape index (κ3) is 3.52. The molecule has 0 aliphatic rings. The summed E-state index contributed by atoms with van der Waals surface area (Å²) in [6.07, 6.45) is 0. The zero-order valence-electron chi connectivity index (χ0n) is 10.7. The first kappa shape index (κ1) is 13.0. The summed E-state index contributed by atoms with van der Waals surface area (Å²) in [6.45, 7) is 2.00. The third-order valence-electron chi connectivity index (χ3n) is 2.85. The highest BCUT2D eigenvalue weighted by atomic mass is 16.1. The van der Waals surface area contributed by atoms with E-state index in [1.54, 1.807) is 24.3 Å². The van der Waals surface area contributed by atoms with E-state index in [0.717, 1.165) is 5.56 Å². The van der Waals surface area contributed by atoms with Crippen molar-refractivity contribution in [3.63, 3.8) is 0 Å². The fraction of sp³-hybridized carbons (Fsp3) is 0.125. The highest BCUT2D eigenvalue weighted by Gasteiger charge is 2.06. The molecule has 2 aromatic rings. The van der Waals surface area contributed by atoms with Gasteiger partial charge < -0.3 is 5.32 Å². The lowest BCUT2D eigenvalue weighted by Crippen LogP contribution is -2.22. The van der Waals surface area contributed by atoms with E-state index in [0.29, 0.717) is 17.7 Å². The van der Waals surface area contributed by atoms with E-state index < -0.39 is 0 Å². The molecular weight excluding hydrogens is 238 g/mol. The molecule has 0 fully saturated rings. The number of hydrogen-bond donors (Lipinski definition) is 1. The van der Waals surface area contributed by atoms with E-state index in [4.69, 9.17) is 0 Å². The Morgan fingerprint density at radius 3 is 2.05 bits per heavy atom. The number of benzene rings is 2. The first-order chi connectivity index (χ1) is 9.16. The number of carbonyl (C=O) groups is 2. The molecule has 3 heteroatoms. The van der Waals surface area contributed by atoms with Gasteiger partial charge in [0.25, 0.3) is 5.91 Å². The van der Waals surface area contributed by atoms with Crippen molar-refractivity contribution in [3.05, 3.63) is 71.3 Å². The lowest BCUT2D eigenvalue weighted by molar-refractivity contribution is 0.0949. The number of nitrogens with one attached hydrogen (secondary N) is 1. The van der Waals surface area contributed by atoms with E-state index in [1.165, 1.54) is 6.92 Å². The van der Waals surface area contributed by atoms with Crippen LogP contribution in [0.1, 0.15) is 33.2 Å². The third-order valence-corrected chi connectivity index (χ3v) is 2.85. The minimum absolute atomic E-state index is 0.00348. The van der Waals surface area contributed by atoms with Gasteiger partial charge in [-0.05, 0) is 24.6 Å². The summed E-state index contributed by atoms with van der Waals surface area (Å²) < 4.78 is 0. The molecule has 1 N–H and O–H groups in total. The van der Waals surface area contributed by atoms with Gasteiger partial charge in [0.1, 0.15) is 0 Å². The minimum atomic E-state index is -0.140. The molecule has 0 saturated heterocycles. The Balaban J connectivity index is 1.98. The quantitative estimate of drug-likeness (QED) is 0.852. The average molecular weight is 253 g/mol. The average Bonchev–Trinajstić information content (AvgIpc) is 2.46. The number of rotatable bonds is 4. The Morgan fingerprint density at radius 1 is 0.895 bits per heavy atom. The van der Waals surface area contributed by atoms with Gasteiger partial charge in [-0.1, -0.05) is 42.5 Å². The van der Waals surface area contributed by atoms with Crippen LogP contribution in [0.5, 0.6) is 0 Å². The van der Waals surface area contributed by atoms with Crippen LogP contribution in [0, 0.1) is 0 Å². The summed E-state index contributed by atoms with van der Waals surface area (Å²) in [5.74, 6) is -0.143. The second-order valence-corrected chi connectivity index (χ2v) is 4.30. The van der Waals surface area contributed by atoms with Crippen molar-refractivity contribution < 1.29 is 9.59 Å². The van der Waals surface area contributed by atoms with Crippen LogP contribution in [-0.2, 0) is 6.54 Å². The van der Waals surface area contributed by atoms with Crippen molar-refractivity contribution >= 4 is 11.7 Å². The molecule has 3 nitrogen and oxygen atoms in total. The van der Waals surface area contributed by atoms with Crippen molar-refractivity contribution in [1.82, 2.24) is 5.32 Å². The zero-order chi connectivity index (χ0) is 13.7. The molecule has 0 spiro atoms. The molecule has 19 heavy (non-hydrogen) atoms. The Labute approximate surface area is 112 Å². The predicted molar refractivity (Wildman–Crippen MR) is 74.1 cm³/mol.